The number of allylic oxidation sites excluding steroid dienone is 1. The number of halogens is 2. The average molecular weight is 286 g/mol. The highest BCUT2D eigenvalue weighted by atomic mass is 35.5. The lowest BCUT2D eigenvalue weighted by molar-refractivity contribution is -0.115. The lowest BCUT2D eigenvalue weighted by Crippen LogP contribution is -2.14. The Bertz CT molecular complexity index is 468. The van der Waals surface area contributed by atoms with E-state index in [0.717, 1.165) is 19.3 Å². The van der Waals surface area contributed by atoms with E-state index in [-0.39, 0.29) is 21.9 Å². The third-order valence-corrected chi connectivity index (χ3v) is 3.36. The minimum atomic E-state index is -0.137. The average Bonchev–Trinajstić information content (AvgIpc) is 2.35. The van der Waals surface area contributed by atoms with E-state index in [4.69, 9.17) is 23.2 Å². The van der Waals surface area contributed by atoms with E-state index in [0.29, 0.717) is 6.42 Å². The molecular formula is C12H13Cl2N3O. The smallest absolute Gasteiger partial charge is 0.228 e. The number of carbonyl (C=O) groups is 1. The van der Waals surface area contributed by atoms with Crippen LogP contribution in [0.4, 0.5) is 5.69 Å². The molecule has 2 rings (SSSR count). The molecule has 0 saturated heterocycles. The summed E-state index contributed by atoms with van der Waals surface area (Å²) in [5, 5.41) is 2.96. The lowest BCUT2D eigenvalue weighted by atomic mass is 9.97. The van der Waals surface area contributed by atoms with Crippen molar-refractivity contribution in [3.05, 3.63) is 28.3 Å². The molecule has 18 heavy (non-hydrogen) atoms. The van der Waals surface area contributed by atoms with E-state index < -0.39 is 0 Å². The zero-order valence-electron chi connectivity index (χ0n) is 9.75. The minimum absolute atomic E-state index is 0.137. The molecule has 1 amide bonds. The quantitative estimate of drug-likeness (QED) is 0.682. The van der Waals surface area contributed by atoms with Crippen molar-refractivity contribution in [3.63, 3.8) is 0 Å². The van der Waals surface area contributed by atoms with E-state index in [9.17, 15) is 4.79 Å². The highest BCUT2D eigenvalue weighted by molar-refractivity contribution is 6.38. The van der Waals surface area contributed by atoms with Gasteiger partial charge in [0.1, 0.15) is 12.0 Å². The highest BCUT2D eigenvalue weighted by Crippen LogP contribution is 2.27. The van der Waals surface area contributed by atoms with Crippen molar-refractivity contribution >= 4 is 34.8 Å². The van der Waals surface area contributed by atoms with E-state index in [2.05, 4.69) is 21.4 Å². The SMILES string of the molecule is O=C(CC1=CCCCC1)Nc1c(Cl)ncnc1Cl. The van der Waals surface area contributed by atoms with E-state index in [1.807, 2.05) is 0 Å². The number of carbonyl (C=O) groups excluding carboxylic acids is 1. The maximum absolute atomic E-state index is 11.9. The van der Waals surface area contributed by atoms with Crippen molar-refractivity contribution in [2.75, 3.05) is 5.32 Å². The Morgan fingerprint density at radius 2 is 2.00 bits per heavy atom. The molecule has 0 saturated carbocycles. The Morgan fingerprint density at radius 3 is 2.61 bits per heavy atom. The Balaban J connectivity index is 2.01. The molecule has 96 valence electrons. The second kappa shape index (κ2) is 6.16. The number of nitrogens with one attached hydrogen (secondary N) is 1. The van der Waals surface area contributed by atoms with Crippen LogP contribution in [-0.4, -0.2) is 15.9 Å². The molecule has 0 radical (unpaired) electrons. The van der Waals surface area contributed by atoms with Gasteiger partial charge in [-0.1, -0.05) is 34.9 Å². The third-order valence-electron chi connectivity index (χ3n) is 2.79. The van der Waals surface area contributed by atoms with Crippen LogP contribution in [0.3, 0.4) is 0 Å². The molecule has 0 spiro atoms. The van der Waals surface area contributed by atoms with Crippen LogP contribution in [0.5, 0.6) is 0 Å². The van der Waals surface area contributed by atoms with Crippen molar-refractivity contribution in [3.8, 4) is 0 Å². The molecule has 1 aliphatic rings. The summed E-state index contributed by atoms with van der Waals surface area (Å²) < 4.78 is 0. The maximum atomic E-state index is 11.9. The summed E-state index contributed by atoms with van der Waals surface area (Å²) in [4.78, 5) is 19.4. The summed E-state index contributed by atoms with van der Waals surface area (Å²) in [7, 11) is 0. The minimum Gasteiger partial charge on any atom is -0.321 e. The first kappa shape index (κ1) is 13.3. The fraction of sp³-hybridized carbons (Fsp3) is 0.417. The summed E-state index contributed by atoms with van der Waals surface area (Å²) in [6.07, 6.45) is 8.16. The van der Waals surface area contributed by atoms with Gasteiger partial charge in [0.2, 0.25) is 5.91 Å². The molecule has 1 aromatic rings. The predicted octanol–water partition coefficient (Wildman–Crippen LogP) is 3.61. The Kier molecular flexibility index (Phi) is 4.55. The summed E-state index contributed by atoms with van der Waals surface area (Å²) >= 11 is 11.7. The predicted molar refractivity (Wildman–Crippen MR) is 71.8 cm³/mol. The third kappa shape index (κ3) is 3.43. The Morgan fingerprint density at radius 1 is 1.28 bits per heavy atom. The van der Waals surface area contributed by atoms with Gasteiger partial charge in [-0.25, -0.2) is 9.97 Å². The first-order chi connectivity index (χ1) is 8.66. The van der Waals surface area contributed by atoms with Gasteiger partial charge in [-0.2, -0.15) is 0 Å². The maximum Gasteiger partial charge on any atom is 0.228 e. The van der Waals surface area contributed by atoms with Gasteiger partial charge in [0.05, 0.1) is 0 Å². The number of amides is 1. The standard InChI is InChI=1S/C12H13Cl2N3O/c13-11-10(12(14)16-7-15-11)17-9(18)6-8-4-2-1-3-5-8/h4,7H,1-3,5-6H2,(H,17,18). The van der Waals surface area contributed by atoms with Crippen molar-refractivity contribution in [2.24, 2.45) is 0 Å². The van der Waals surface area contributed by atoms with Crippen LogP contribution >= 0.6 is 23.2 Å². The molecule has 1 heterocycles. The second-order valence-electron chi connectivity index (χ2n) is 4.16. The van der Waals surface area contributed by atoms with Gasteiger partial charge in [-0.05, 0) is 25.7 Å². The van der Waals surface area contributed by atoms with E-state index in [1.54, 1.807) is 0 Å². The zero-order chi connectivity index (χ0) is 13.0. The van der Waals surface area contributed by atoms with Crippen molar-refractivity contribution in [1.82, 2.24) is 9.97 Å². The van der Waals surface area contributed by atoms with Crippen molar-refractivity contribution in [1.29, 1.82) is 0 Å². The number of hydrogen-bond acceptors (Lipinski definition) is 3. The molecule has 0 aromatic carbocycles. The molecule has 0 aliphatic heterocycles. The van der Waals surface area contributed by atoms with E-state index in [1.165, 1.54) is 18.3 Å². The second-order valence-corrected chi connectivity index (χ2v) is 4.88. The van der Waals surface area contributed by atoms with Crippen molar-refractivity contribution in [2.45, 2.75) is 32.1 Å². The Labute approximate surface area is 115 Å². The highest BCUT2D eigenvalue weighted by Gasteiger charge is 2.14. The molecule has 0 atom stereocenters. The summed E-state index contributed by atoms with van der Waals surface area (Å²) in [6, 6.07) is 0. The monoisotopic (exact) mass is 285 g/mol. The number of nitrogens with zero attached hydrogens (tertiary/aromatic N) is 2. The van der Waals surface area contributed by atoms with Gasteiger partial charge in [0.15, 0.2) is 10.3 Å². The number of rotatable bonds is 3. The Hall–Kier alpha value is -1.13. The zero-order valence-corrected chi connectivity index (χ0v) is 11.3. The van der Waals surface area contributed by atoms with E-state index >= 15 is 0 Å². The van der Waals surface area contributed by atoms with Gasteiger partial charge in [0.25, 0.3) is 0 Å². The summed E-state index contributed by atoms with van der Waals surface area (Å²) in [5.74, 6) is -0.137. The molecular weight excluding hydrogens is 273 g/mol. The number of aromatic nitrogens is 2. The molecule has 6 heteroatoms. The topological polar surface area (TPSA) is 54.9 Å². The number of anilines is 1. The molecule has 4 nitrogen and oxygen atoms in total. The number of hydrogen-bond donors (Lipinski definition) is 1. The molecule has 1 aliphatic carbocycles. The van der Waals surface area contributed by atoms with Crippen LogP contribution < -0.4 is 5.32 Å². The molecule has 1 aromatic heterocycles. The van der Waals surface area contributed by atoms with Crippen LogP contribution in [0.15, 0.2) is 18.0 Å². The van der Waals surface area contributed by atoms with Crippen LogP contribution in [0.2, 0.25) is 10.3 Å². The van der Waals surface area contributed by atoms with Crippen LogP contribution in [0.1, 0.15) is 32.1 Å². The fourth-order valence-electron chi connectivity index (χ4n) is 1.90. The van der Waals surface area contributed by atoms with Gasteiger partial charge in [0, 0.05) is 6.42 Å². The molecule has 0 bridgehead atoms. The van der Waals surface area contributed by atoms with Gasteiger partial charge < -0.3 is 5.32 Å². The van der Waals surface area contributed by atoms with Crippen LogP contribution in [0.25, 0.3) is 0 Å². The molecule has 1 N–H and O–H groups in total. The summed E-state index contributed by atoms with van der Waals surface area (Å²) in [5.41, 5.74) is 1.45. The normalized spacial score (nSPS) is 15.1. The first-order valence-corrected chi connectivity index (χ1v) is 6.56. The molecule has 0 fully saturated rings. The van der Waals surface area contributed by atoms with Gasteiger partial charge in [-0.15, -0.1) is 0 Å². The first-order valence-electron chi connectivity index (χ1n) is 5.80. The van der Waals surface area contributed by atoms with Gasteiger partial charge in [-0.3, -0.25) is 4.79 Å². The van der Waals surface area contributed by atoms with Crippen LogP contribution in [-0.2, 0) is 4.79 Å². The fourth-order valence-corrected chi connectivity index (χ4v) is 2.31. The lowest BCUT2D eigenvalue weighted by Gasteiger charge is -2.13. The van der Waals surface area contributed by atoms with Crippen LogP contribution in [0, 0.1) is 0 Å². The van der Waals surface area contributed by atoms with Gasteiger partial charge >= 0.3 is 0 Å². The summed E-state index contributed by atoms with van der Waals surface area (Å²) in [6.45, 7) is 0. The van der Waals surface area contributed by atoms with Crippen molar-refractivity contribution < 1.29 is 4.79 Å². The molecule has 0 unspecified atom stereocenters. The largest absolute Gasteiger partial charge is 0.321 e.